The highest BCUT2D eigenvalue weighted by Gasteiger charge is 2.20. The minimum atomic E-state index is -1.10. The van der Waals surface area contributed by atoms with Gasteiger partial charge in [0.25, 0.3) is 0 Å². The first-order valence-electron chi connectivity index (χ1n) is 8.39. The van der Waals surface area contributed by atoms with E-state index in [1.807, 2.05) is 6.07 Å². The van der Waals surface area contributed by atoms with Crippen LogP contribution >= 0.6 is 0 Å². The zero-order valence-electron chi connectivity index (χ0n) is 13.5. The van der Waals surface area contributed by atoms with Gasteiger partial charge in [-0.1, -0.05) is 13.3 Å². The molecule has 3 rings (SSSR count). The predicted octanol–water partition coefficient (Wildman–Crippen LogP) is 4.24. The molecule has 0 saturated heterocycles. The molecule has 23 heavy (non-hydrogen) atoms. The van der Waals surface area contributed by atoms with Crippen molar-refractivity contribution in [3.63, 3.8) is 0 Å². The van der Waals surface area contributed by atoms with E-state index in [4.69, 9.17) is 0 Å². The van der Waals surface area contributed by atoms with Crippen molar-refractivity contribution in [2.75, 3.05) is 0 Å². The second-order valence-electron chi connectivity index (χ2n) is 6.25. The lowest BCUT2D eigenvalue weighted by Crippen LogP contribution is -2.09. The highest BCUT2D eigenvalue weighted by atomic mass is 16.4. The fraction of sp³-hybridized carbons (Fsp3) is 0.421. The van der Waals surface area contributed by atoms with Crippen LogP contribution in [0, 0.1) is 0 Å². The molecule has 1 heterocycles. The number of phenols is 1. The van der Waals surface area contributed by atoms with Gasteiger partial charge in [0, 0.05) is 17.9 Å². The fourth-order valence-electron chi connectivity index (χ4n) is 3.44. The molecule has 0 saturated carbocycles. The summed E-state index contributed by atoms with van der Waals surface area (Å²) >= 11 is 0. The highest BCUT2D eigenvalue weighted by Crippen LogP contribution is 2.33. The topological polar surface area (TPSA) is 62.5 Å². The third-order valence-corrected chi connectivity index (χ3v) is 4.67. The van der Waals surface area contributed by atoms with E-state index in [0.29, 0.717) is 0 Å². The fourth-order valence-corrected chi connectivity index (χ4v) is 3.44. The Balaban J connectivity index is 2.10. The van der Waals surface area contributed by atoms with Crippen molar-refractivity contribution in [1.82, 2.24) is 4.57 Å². The zero-order chi connectivity index (χ0) is 16.4. The Kier molecular flexibility index (Phi) is 4.42. The zero-order valence-corrected chi connectivity index (χ0v) is 13.5. The van der Waals surface area contributed by atoms with E-state index >= 15 is 0 Å². The van der Waals surface area contributed by atoms with Gasteiger partial charge in [-0.15, -0.1) is 0 Å². The van der Waals surface area contributed by atoms with Gasteiger partial charge in [0.2, 0.25) is 0 Å². The van der Waals surface area contributed by atoms with Crippen LogP contribution in [0.1, 0.15) is 54.2 Å². The van der Waals surface area contributed by atoms with Crippen molar-refractivity contribution in [2.45, 2.75) is 52.0 Å². The van der Waals surface area contributed by atoms with Crippen LogP contribution < -0.4 is 0 Å². The molecule has 2 aromatic rings. The first-order valence-corrected chi connectivity index (χ1v) is 8.39. The summed E-state index contributed by atoms with van der Waals surface area (Å²) in [4.78, 5) is 11.3. The second-order valence-corrected chi connectivity index (χ2v) is 6.25. The quantitative estimate of drug-likeness (QED) is 0.868. The second kappa shape index (κ2) is 6.49. The van der Waals surface area contributed by atoms with Gasteiger partial charge in [0.15, 0.2) is 0 Å². The van der Waals surface area contributed by atoms with Gasteiger partial charge in [0.05, 0.1) is 0 Å². The Morgan fingerprint density at radius 1 is 1.22 bits per heavy atom. The Labute approximate surface area is 136 Å². The first kappa shape index (κ1) is 15.7. The number of nitrogens with zero attached hydrogens (tertiary/aromatic N) is 1. The molecule has 2 N–H and O–H groups in total. The molecule has 122 valence electrons. The van der Waals surface area contributed by atoms with Crippen LogP contribution in [0.3, 0.4) is 0 Å². The molecule has 1 aliphatic carbocycles. The van der Waals surface area contributed by atoms with Crippen LogP contribution in [0.15, 0.2) is 24.3 Å². The van der Waals surface area contributed by atoms with Crippen LogP contribution in [0.25, 0.3) is 11.3 Å². The molecule has 4 nitrogen and oxygen atoms in total. The molecule has 0 amide bonds. The number of carboxylic acid groups (broad SMARTS) is 1. The van der Waals surface area contributed by atoms with Crippen molar-refractivity contribution >= 4 is 5.97 Å². The van der Waals surface area contributed by atoms with Crippen molar-refractivity contribution < 1.29 is 15.0 Å². The van der Waals surface area contributed by atoms with E-state index in [1.165, 1.54) is 30.2 Å². The Morgan fingerprint density at radius 2 is 2.00 bits per heavy atom. The normalized spacial score (nSPS) is 13.8. The van der Waals surface area contributed by atoms with Crippen LogP contribution in [0.4, 0.5) is 0 Å². The smallest absolute Gasteiger partial charge is 0.339 e. The molecule has 1 aromatic heterocycles. The van der Waals surface area contributed by atoms with Crippen LogP contribution in [0.5, 0.6) is 5.75 Å². The number of rotatable bonds is 5. The first-order chi connectivity index (χ1) is 11.1. The highest BCUT2D eigenvalue weighted by molar-refractivity contribution is 5.92. The third-order valence-electron chi connectivity index (χ3n) is 4.67. The molecular formula is C19H23NO3. The molecule has 1 aliphatic rings. The Morgan fingerprint density at radius 3 is 2.74 bits per heavy atom. The van der Waals surface area contributed by atoms with Crippen molar-refractivity contribution in [2.24, 2.45) is 0 Å². The average molecular weight is 313 g/mol. The van der Waals surface area contributed by atoms with Gasteiger partial charge in [-0.05, 0) is 67.5 Å². The maximum atomic E-state index is 11.3. The number of benzene rings is 1. The number of aryl methyl sites for hydroxylation is 1. The lowest BCUT2D eigenvalue weighted by molar-refractivity contribution is 0.0694. The lowest BCUT2D eigenvalue weighted by Gasteiger charge is -2.17. The van der Waals surface area contributed by atoms with Crippen molar-refractivity contribution in [3.05, 3.63) is 41.1 Å². The molecule has 0 aliphatic heterocycles. The van der Waals surface area contributed by atoms with E-state index in [2.05, 4.69) is 17.6 Å². The number of aromatic hydroxyl groups is 1. The number of hydrogen-bond acceptors (Lipinski definition) is 2. The summed E-state index contributed by atoms with van der Waals surface area (Å²) < 4.78 is 2.36. The molecule has 0 atom stereocenters. The Bertz CT molecular complexity index is 730. The maximum Gasteiger partial charge on any atom is 0.339 e. The third kappa shape index (κ3) is 2.98. The molecule has 1 aromatic carbocycles. The molecule has 4 heteroatoms. The summed E-state index contributed by atoms with van der Waals surface area (Å²) in [6, 6.07) is 7.09. The van der Waals surface area contributed by atoms with Gasteiger partial charge >= 0.3 is 5.97 Å². The standard InChI is InChI=1S/C19H23NO3/c1-2-3-10-20-16-7-5-4-6-13(16)12-17(20)14-8-9-18(21)15(11-14)19(22)23/h8-9,11-12,21H,2-7,10H2,1H3,(H,22,23). The minimum absolute atomic E-state index is 0.0382. The van der Waals surface area contributed by atoms with E-state index in [9.17, 15) is 15.0 Å². The van der Waals surface area contributed by atoms with Crippen molar-refractivity contribution in [3.8, 4) is 17.0 Å². The molecule has 0 fully saturated rings. The number of fused-ring (bicyclic) bond motifs is 1. The summed E-state index contributed by atoms with van der Waals surface area (Å²) in [5.41, 5.74) is 4.71. The molecule has 0 radical (unpaired) electrons. The minimum Gasteiger partial charge on any atom is -0.507 e. The summed E-state index contributed by atoms with van der Waals surface area (Å²) in [5.74, 6) is -1.28. The number of unbranched alkanes of at least 4 members (excludes halogenated alkanes) is 1. The largest absolute Gasteiger partial charge is 0.507 e. The van der Waals surface area contributed by atoms with Gasteiger partial charge in [-0.25, -0.2) is 4.79 Å². The Hall–Kier alpha value is -2.23. The molecule has 0 bridgehead atoms. The van der Waals surface area contributed by atoms with E-state index in [1.54, 1.807) is 6.07 Å². The van der Waals surface area contributed by atoms with E-state index in [0.717, 1.165) is 43.5 Å². The molecule has 0 spiro atoms. The van der Waals surface area contributed by atoms with Gasteiger partial charge in [0.1, 0.15) is 11.3 Å². The monoisotopic (exact) mass is 313 g/mol. The number of hydrogen-bond donors (Lipinski definition) is 2. The van der Waals surface area contributed by atoms with Crippen LogP contribution in [0.2, 0.25) is 0 Å². The van der Waals surface area contributed by atoms with Crippen LogP contribution in [-0.4, -0.2) is 20.7 Å². The summed E-state index contributed by atoms with van der Waals surface area (Å²) in [6.07, 6.45) is 6.88. The molecular weight excluding hydrogens is 290 g/mol. The molecule has 0 unspecified atom stereocenters. The SMILES string of the molecule is CCCCn1c(-c2ccc(O)c(C(=O)O)c2)cc2c1CCCC2. The number of carbonyl (C=O) groups is 1. The van der Waals surface area contributed by atoms with Crippen molar-refractivity contribution in [1.29, 1.82) is 0 Å². The summed E-state index contributed by atoms with van der Waals surface area (Å²) in [6.45, 7) is 3.14. The van der Waals surface area contributed by atoms with E-state index < -0.39 is 5.97 Å². The number of aromatic nitrogens is 1. The maximum absolute atomic E-state index is 11.3. The lowest BCUT2D eigenvalue weighted by atomic mass is 9.98. The number of aromatic carboxylic acids is 1. The van der Waals surface area contributed by atoms with Gasteiger partial charge in [-0.3, -0.25) is 0 Å². The van der Waals surface area contributed by atoms with Gasteiger partial charge < -0.3 is 14.8 Å². The predicted molar refractivity (Wildman–Crippen MR) is 90.0 cm³/mol. The summed E-state index contributed by atoms with van der Waals surface area (Å²) in [5, 5.41) is 19.0. The van der Waals surface area contributed by atoms with Crippen LogP contribution in [-0.2, 0) is 19.4 Å². The van der Waals surface area contributed by atoms with E-state index in [-0.39, 0.29) is 11.3 Å². The van der Waals surface area contributed by atoms with Gasteiger partial charge in [-0.2, -0.15) is 0 Å². The summed E-state index contributed by atoms with van der Waals surface area (Å²) in [7, 11) is 0. The average Bonchev–Trinajstić information content (AvgIpc) is 2.91. The number of carboxylic acids is 1.